The van der Waals surface area contributed by atoms with Gasteiger partial charge in [-0.3, -0.25) is 9.59 Å². The number of ether oxygens (including phenoxy) is 1. The fourth-order valence-corrected chi connectivity index (χ4v) is 3.69. The third-order valence-electron chi connectivity index (χ3n) is 4.60. The van der Waals surface area contributed by atoms with Gasteiger partial charge < -0.3 is 21.1 Å². The van der Waals surface area contributed by atoms with E-state index in [1.54, 1.807) is 35.7 Å². The number of rotatable bonds is 8. The SMILES string of the molecule is COc1ccccc1CNC(=O)c1cc(C(F)(F)F)nn1-c1csc(CNC(=O)[C@H](C)N)c1. The highest BCUT2D eigenvalue weighted by Gasteiger charge is 2.36. The largest absolute Gasteiger partial charge is 0.496 e. The number of hydrogen-bond acceptors (Lipinski definition) is 6. The van der Waals surface area contributed by atoms with Crippen LogP contribution in [0.2, 0.25) is 0 Å². The summed E-state index contributed by atoms with van der Waals surface area (Å²) >= 11 is 1.20. The lowest BCUT2D eigenvalue weighted by atomic mass is 10.2. The van der Waals surface area contributed by atoms with Crippen molar-refractivity contribution in [3.63, 3.8) is 0 Å². The van der Waals surface area contributed by atoms with E-state index in [1.165, 1.54) is 25.4 Å². The van der Waals surface area contributed by atoms with E-state index >= 15 is 0 Å². The third kappa shape index (κ3) is 5.90. The number of nitrogens with two attached hydrogens (primary N) is 1. The second-order valence-electron chi connectivity index (χ2n) is 7.10. The van der Waals surface area contributed by atoms with Crippen molar-refractivity contribution < 1.29 is 27.5 Å². The minimum absolute atomic E-state index is 0.0492. The van der Waals surface area contributed by atoms with Gasteiger partial charge in [0.05, 0.1) is 25.4 Å². The number of halogens is 3. The van der Waals surface area contributed by atoms with Crippen LogP contribution in [-0.4, -0.2) is 34.7 Å². The number of thiophene rings is 1. The Morgan fingerprint density at radius 3 is 2.61 bits per heavy atom. The molecule has 1 aromatic carbocycles. The molecule has 33 heavy (non-hydrogen) atoms. The first-order chi connectivity index (χ1) is 15.6. The van der Waals surface area contributed by atoms with Crippen LogP contribution in [0.15, 0.2) is 41.8 Å². The molecule has 0 aliphatic rings. The Hall–Kier alpha value is -3.38. The van der Waals surface area contributed by atoms with Crippen molar-refractivity contribution in [2.75, 3.05) is 7.11 Å². The van der Waals surface area contributed by atoms with E-state index in [4.69, 9.17) is 10.5 Å². The summed E-state index contributed by atoms with van der Waals surface area (Å²) in [6.45, 7) is 1.73. The first kappa shape index (κ1) is 24.3. The van der Waals surface area contributed by atoms with E-state index < -0.39 is 23.8 Å². The number of benzene rings is 1. The van der Waals surface area contributed by atoms with Crippen molar-refractivity contribution in [3.05, 3.63) is 63.6 Å². The lowest BCUT2D eigenvalue weighted by Crippen LogP contribution is -2.37. The van der Waals surface area contributed by atoms with Crippen molar-refractivity contribution in [3.8, 4) is 11.4 Å². The van der Waals surface area contributed by atoms with Gasteiger partial charge >= 0.3 is 6.18 Å². The molecule has 3 aromatic rings. The Labute approximate surface area is 191 Å². The number of nitrogens with one attached hydrogen (secondary N) is 2. The van der Waals surface area contributed by atoms with Gasteiger partial charge in [-0.05, 0) is 19.1 Å². The lowest BCUT2D eigenvalue weighted by Gasteiger charge is -2.10. The maximum atomic E-state index is 13.3. The minimum atomic E-state index is -4.73. The molecule has 8 nitrogen and oxygen atoms in total. The summed E-state index contributed by atoms with van der Waals surface area (Å²) in [6, 6.07) is 8.53. The number of hydrogen-bond donors (Lipinski definition) is 3. The second kappa shape index (κ2) is 10.0. The highest BCUT2D eigenvalue weighted by atomic mass is 32.1. The summed E-state index contributed by atoms with van der Waals surface area (Å²) in [4.78, 5) is 25.1. The van der Waals surface area contributed by atoms with Gasteiger partial charge in [0.1, 0.15) is 11.4 Å². The van der Waals surface area contributed by atoms with Crippen molar-refractivity contribution in [1.29, 1.82) is 0 Å². The molecule has 0 bridgehead atoms. The number of amides is 2. The van der Waals surface area contributed by atoms with Gasteiger partial charge in [-0.25, -0.2) is 4.68 Å². The van der Waals surface area contributed by atoms with Crippen molar-refractivity contribution in [2.45, 2.75) is 32.2 Å². The average Bonchev–Trinajstić information content (AvgIpc) is 3.42. The number of carbonyl (C=O) groups excluding carboxylic acids is 2. The Morgan fingerprint density at radius 1 is 1.21 bits per heavy atom. The van der Waals surface area contributed by atoms with Gasteiger partial charge in [0.15, 0.2) is 5.69 Å². The van der Waals surface area contributed by atoms with Crippen LogP contribution in [0.3, 0.4) is 0 Å². The summed E-state index contributed by atoms with van der Waals surface area (Å²) in [5.74, 6) is -0.555. The van der Waals surface area contributed by atoms with Crippen LogP contribution in [0.25, 0.3) is 5.69 Å². The molecule has 4 N–H and O–H groups in total. The summed E-state index contributed by atoms with van der Waals surface area (Å²) in [6.07, 6.45) is -4.73. The lowest BCUT2D eigenvalue weighted by molar-refractivity contribution is -0.141. The zero-order valence-electron chi connectivity index (χ0n) is 17.8. The highest BCUT2D eigenvalue weighted by Crippen LogP contribution is 2.30. The van der Waals surface area contributed by atoms with E-state index in [-0.39, 0.29) is 30.4 Å². The predicted octanol–water partition coefficient (Wildman–Crippen LogP) is 2.85. The molecule has 0 radical (unpaired) electrons. The Bertz CT molecular complexity index is 1140. The van der Waals surface area contributed by atoms with E-state index in [9.17, 15) is 22.8 Å². The van der Waals surface area contributed by atoms with Gasteiger partial charge in [0.25, 0.3) is 5.91 Å². The molecule has 0 aliphatic heterocycles. The molecule has 2 amide bonds. The fraction of sp³-hybridized carbons (Fsp3) is 0.286. The first-order valence-electron chi connectivity index (χ1n) is 9.78. The van der Waals surface area contributed by atoms with Gasteiger partial charge in [-0.1, -0.05) is 18.2 Å². The molecule has 2 heterocycles. The van der Waals surface area contributed by atoms with E-state index in [0.717, 1.165) is 4.68 Å². The molecule has 0 spiro atoms. The molecular formula is C21H22F3N5O3S. The second-order valence-corrected chi connectivity index (χ2v) is 8.09. The van der Waals surface area contributed by atoms with Crippen LogP contribution in [0.1, 0.15) is 33.5 Å². The van der Waals surface area contributed by atoms with Crippen LogP contribution in [0, 0.1) is 0 Å². The van der Waals surface area contributed by atoms with Gasteiger partial charge in [0.2, 0.25) is 5.91 Å². The molecule has 0 saturated carbocycles. The Kier molecular flexibility index (Phi) is 7.39. The molecular weight excluding hydrogens is 459 g/mol. The average molecular weight is 482 g/mol. The number of methoxy groups -OCH3 is 1. The maximum absolute atomic E-state index is 13.3. The normalized spacial score (nSPS) is 12.3. The van der Waals surface area contributed by atoms with Gasteiger partial charge in [-0.15, -0.1) is 11.3 Å². The zero-order valence-corrected chi connectivity index (χ0v) is 18.6. The quantitative estimate of drug-likeness (QED) is 0.458. The third-order valence-corrected chi connectivity index (χ3v) is 5.52. The number of carbonyl (C=O) groups is 2. The van der Waals surface area contributed by atoms with Gasteiger partial charge in [-0.2, -0.15) is 18.3 Å². The zero-order chi connectivity index (χ0) is 24.2. The Balaban J connectivity index is 1.84. The number of aromatic nitrogens is 2. The van der Waals surface area contributed by atoms with Crippen LogP contribution in [0.5, 0.6) is 5.75 Å². The predicted molar refractivity (Wildman–Crippen MR) is 116 cm³/mol. The summed E-state index contributed by atoms with van der Waals surface area (Å²) in [5.41, 5.74) is 4.96. The monoisotopic (exact) mass is 481 g/mol. The number of para-hydroxylation sites is 1. The topological polar surface area (TPSA) is 111 Å². The van der Waals surface area contributed by atoms with Crippen LogP contribution < -0.4 is 21.1 Å². The molecule has 0 unspecified atom stereocenters. The van der Waals surface area contributed by atoms with Crippen LogP contribution in [0.4, 0.5) is 13.2 Å². The minimum Gasteiger partial charge on any atom is -0.496 e. The van der Waals surface area contributed by atoms with E-state index in [1.807, 2.05) is 0 Å². The molecule has 2 aromatic heterocycles. The molecule has 3 rings (SSSR count). The Morgan fingerprint density at radius 2 is 1.94 bits per heavy atom. The number of nitrogens with zero attached hydrogens (tertiary/aromatic N) is 2. The van der Waals surface area contributed by atoms with E-state index in [2.05, 4.69) is 15.7 Å². The van der Waals surface area contributed by atoms with Crippen molar-refractivity contribution >= 4 is 23.2 Å². The molecule has 176 valence electrons. The molecule has 12 heteroatoms. The van der Waals surface area contributed by atoms with Gasteiger partial charge in [0, 0.05) is 28.4 Å². The number of alkyl halides is 3. The molecule has 0 saturated heterocycles. The first-order valence-corrected chi connectivity index (χ1v) is 10.7. The summed E-state index contributed by atoms with van der Waals surface area (Å²) < 4.78 is 46.1. The molecule has 0 fully saturated rings. The maximum Gasteiger partial charge on any atom is 0.435 e. The summed E-state index contributed by atoms with van der Waals surface area (Å²) in [7, 11) is 1.48. The summed E-state index contributed by atoms with van der Waals surface area (Å²) in [5, 5.41) is 10.4. The standard InChI is InChI=1S/C21H22F3N5O3S/c1-12(25)19(30)27-10-15-7-14(11-33-15)29-16(8-18(28-29)21(22,23)24)20(31)26-9-13-5-3-4-6-17(13)32-2/h3-8,11-12H,9-10,25H2,1-2H3,(H,26,31)(H,27,30)/t12-/m0/s1. The van der Waals surface area contributed by atoms with Crippen molar-refractivity contribution in [1.82, 2.24) is 20.4 Å². The fourth-order valence-electron chi connectivity index (χ4n) is 2.90. The van der Waals surface area contributed by atoms with Crippen LogP contribution >= 0.6 is 11.3 Å². The van der Waals surface area contributed by atoms with Crippen LogP contribution in [-0.2, 0) is 24.1 Å². The van der Waals surface area contributed by atoms with Crippen molar-refractivity contribution in [2.24, 2.45) is 5.73 Å². The molecule has 1 atom stereocenters. The smallest absolute Gasteiger partial charge is 0.435 e. The molecule has 0 aliphatic carbocycles. The highest BCUT2D eigenvalue weighted by molar-refractivity contribution is 7.10. The van der Waals surface area contributed by atoms with E-state index in [0.29, 0.717) is 22.3 Å².